The van der Waals surface area contributed by atoms with Crippen molar-refractivity contribution >= 4 is 18.5 Å². The first-order valence-electron chi connectivity index (χ1n) is 7.58. The van der Waals surface area contributed by atoms with Gasteiger partial charge in [-0.1, -0.05) is 48.6 Å². The molecule has 118 valence electrons. The fourth-order valence-electron chi connectivity index (χ4n) is 2.99. The van der Waals surface area contributed by atoms with E-state index in [1.165, 1.54) is 11.1 Å². The molecule has 0 aliphatic rings. The van der Waals surface area contributed by atoms with Gasteiger partial charge in [-0.05, 0) is 36.8 Å². The Morgan fingerprint density at radius 2 is 0.955 bits per heavy atom. The van der Waals surface area contributed by atoms with E-state index in [-0.39, 0.29) is 10.3 Å². The molecule has 0 saturated carbocycles. The summed E-state index contributed by atoms with van der Waals surface area (Å²) in [5, 5.41) is -0.130. The van der Waals surface area contributed by atoms with Crippen LogP contribution in [0, 0.1) is 0 Å². The molecule has 0 bridgehead atoms. The highest BCUT2D eigenvalue weighted by molar-refractivity contribution is 7.19. The second kappa shape index (κ2) is 8.61. The van der Waals surface area contributed by atoms with E-state index in [0.717, 1.165) is 25.7 Å². The van der Waals surface area contributed by atoms with Crippen LogP contribution in [0.3, 0.4) is 0 Å². The van der Waals surface area contributed by atoms with Crippen molar-refractivity contribution in [3.63, 3.8) is 0 Å². The van der Waals surface area contributed by atoms with E-state index in [9.17, 15) is 0 Å². The topological polar surface area (TPSA) is 0 Å². The standard InChI is InChI=1S/C20H28P2/c1-5-13-19(21,14-6-2)17-11-9-10-12-18(17)20(22,15-7-3)16-8-4/h5-12H,1-4,13-16,21-22H2. The van der Waals surface area contributed by atoms with Gasteiger partial charge in [0.15, 0.2) is 0 Å². The third-order valence-corrected chi connectivity index (χ3v) is 5.60. The molecule has 0 aliphatic heterocycles. The van der Waals surface area contributed by atoms with Crippen LogP contribution >= 0.6 is 18.5 Å². The zero-order chi connectivity index (χ0) is 16.6. The monoisotopic (exact) mass is 330 g/mol. The molecule has 0 fully saturated rings. The Balaban J connectivity index is 3.49. The van der Waals surface area contributed by atoms with E-state index >= 15 is 0 Å². The van der Waals surface area contributed by atoms with Crippen LogP contribution in [0.1, 0.15) is 36.8 Å². The summed E-state index contributed by atoms with van der Waals surface area (Å²) in [5.74, 6) is 0. The van der Waals surface area contributed by atoms with Crippen LogP contribution in [-0.2, 0) is 10.3 Å². The summed E-state index contributed by atoms with van der Waals surface area (Å²) in [6.07, 6.45) is 11.5. The van der Waals surface area contributed by atoms with Gasteiger partial charge in [0.05, 0.1) is 0 Å². The zero-order valence-corrected chi connectivity index (χ0v) is 15.7. The lowest BCUT2D eigenvalue weighted by molar-refractivity contribution is 0.587. The summed E-state index contributed by atoms with van der Waals surface area (Å²) in [7, 11) is 6.07. The second-order valence-corrected chi connectivity index (χ2v) is 8.04. The quantitative estimate of drug-likeness (QED) is 0.357. The molecule has 1 aromatic carbocycles. The summed E-state index contributed by atoms with van der Waals surface area (Å²) >= 11 is 0. The fraction of sp³-hybridized carbons (Fsp3) is 0.300. The maximum Gasteiger partial charge on any atom is 0.0169 e. The van der Waals surface area contributed by atoms with Crippen molar-refractivity contribution in [2.75, 3.05) is 0 Å². The first kappa shape index (κ1) is 19.1. The van der Waals surface area contributed by atoms with Gasteiger partial charge in [0.1, 0.15) is 0 Å². The average Bonchev–Trinajstić information content (AvgIpc) is 2.48. The Morgan fingerprint density at radius 3 is 1.18 bits per heavy atom. The normalized spacial score (nSPS) is 11.7. The third kappa shape index (κ3) is 4.28. The Hall–Kier alpha value is -0.960. The number of hydrogen-bond acceptors (Lipinski definition) is 0. The third-order valence-electron chi connectivity index (χ3n) is 4.03. The first-order chi connectivity index (χ1) is 10.5. The minimum absolute atomic E-state index is 0.0652. The van der Waals surface area contributed by atoms with Crippen LogP contribution in [0.4, 0.5) is 0 Å². The van der Waals surface area contributed by atoms with Crippen molar-refractivity contribution in [2.24, 2.45) is 0 Å². The lowest BCUT2D eigenvalue weighted by Crippen LogP contribution is -2.25. The molecule has 22 heavy (non-hydrogen) atoms. The molecule has 0 heterocycles. The van der Waals surface area contributed by atoms with Crippen molar-refractivity contribution < 1.29 is 0 Å². The van der Waals surface area contributed by atoms with Gasteiger partial charge in [-0.3, -0.25) is 0 Å². The van der Waals surface area contributed by atoms with Gasteiger partial charge in [0, 0.05) is 10.3 Å². The summed E-state index contributed by atoms with van der Waals surface area (Å²) in [6, 6.07) is 8.66. The molecule has 0 amide bonds. The highest BCUT2D eigenvalue weighted by atomic mass is 31.0. The average molecular weight is 330 g/mol. The Labute approximate surface area is 140 Å². The predicted molar refractivity (Wildman–Crippen MR) is 108 cm³/mol. The van der Waals surface area contributed by atoms with Gasteiger partial charge in [-0.25, -0.2) is 0 Å². The van der Waals surface area contributed by atoms with Crippen LogP contribution in [0.5, 0.6) is 0 Å². The highest BCUT2D eigenvalue weighted by Crippen LogP contribution is 2.48. The molecule has 2 heteroatoms. The fourth-order valence-corrected chi connectivity index (χ4v) is 4.16. The molecule has 1 aromatic rings. The first-order valence-corrected chi connectivity index (χ1v) is 8.74. The molecule has 0 saturated heterocycles. The second-order valence-electron chi connectivity index (χ2n) is 5.83. The van der Waals surface area contributed by atoms with Crippen molar-refractivity contribution in [1.82, 2.24) is 0 Å². The largest absolute Gasteiger partial charge is 0.126 e. The minimum atomic E-state index is -0.0652. The van der Waals surface area contributed by atoms with Crippen LogP contribution in [0.25, 0.3) is 0 Å². The van der Waals surface area contributed by atoms with Crippen molar-refractivity contribution in [1.29, 1.82) is 0 Å². The molecule has 2 unspecified atom stereocenters. The smallest absolute Gasteiger partial charge is 0.0169 e. The van der Waals surface area contributed by atoms with Crippen LogP contribution < -0.4 is 0 Å². The van der Waals surface area contributed by atoms with Crippen molar-refractivity contribution in [3.05, 3.63) is 86.0 Å². The molecule has 0 spiro atoms. The van der Waals surface area contributed by atoms with Gasteiger partial charge in [-0.2, -0.15) is 0 Å². The van der Waals surface area contributed by atoms with Gasteiger partial charge in [-0.15, -0.1) is 44.8 Å². The molecule has 1 rings (SSSR count). The number of allylic oxidation sites excluding steroid dienone is 4. The lowest BCUT2D eigenvalue weighted by atomic mass is 9.80. The predicted octanol–water partition coefficient (Wildman–Crippen LogP) is 6.13. The van der Waals surface area contributed by atoms with Gasteiger partial charge < -0.3 is 0 Å². The molecule has 0 nitrogen and oxygen atoms in total. The zero-order valence-electron chi connectivity index (χ0n) is 13.4. The highest BCUT2D eigenvalue weighted by Gasteiger charge is 2.33. The molecule has 0 aromatic heterocycles. The van der Waals surface area contributed by atoms with Gasteiger partial charge in [0.2, 0.25) is 0 Å². The molecule has 0 aliphatic carbocycles. The van der Waals surface area contributed by atoms with E-state index in [1.54, 1.807) is 0 Å². The number of rotatable bonds is 10. The van der Waals surface area contributed by atoms with Crippen LogP contribution in [0.2, 0.25) is 0 Å². The minimum Gasteiger partial charge on any atom is -0.126 e. The van der Waals surface area contributed by atoms with Crippen LogP contribution in [-0.4, -0.2) is 0 Å². The maximum atomic E-state index is 3.93. The molecule has 2 atom stereocenters. The van der Waals surface area contributed by atoms with E-state index < -0.39 is 0 Å². The molecular weight excluding hydrogens is 302 g/mol. The lowest BCUT2D eigenvalue weighted by Gasteiger charge is -2.37. The maximum absolute atomic E-state index is 3.93. The summed E-state index contributed by atoms with van der Waals surface area (Å²) in [5.41, 5.74) is 2.66. The number of benzene rings is 1. The Bertz CT molecular complexity index is 473. The summed E-state index contributed by atoms with van der Waals surface area (Å²) in [4.78, 5) is 0. The Kier molecular flexibility index (Phi) is 7.47. The van der Waals surface area contributed by atoms with E-state index in [0.29, 0.717) is 0 Å². The van der Waals surface area contributed by atoms with Crippen LogP contribution in [0.15, 0.2) is 74.9 Å². The Morgan fingerprint density at radius 1 is 0.682 bits per heavy atom. The van der Waals surface area contributed by atoms with E-state index in [1.807, 2.05) is 24.3 Å². The van der Waals surface area contributed by atoms with Crippen molar-refractivity contribution in [3.8, 4) is 0 Å². The van der Waals surface area contributed by atoms with Gasteiger partial charge >= 0.3 is 0 Å². The van der Waals surface area contributed by atoms with Gasteiger partial charge in [0.25, 0.3) is 0 Å². The molecule has 0 N–H and O–H groups in total. The molecular formula is C20H28P2. The SMILES string of the molecule is C=CCC(P)(CC=C)c1ccccc1C(P)(CC=C)CC=C. The summed E-state index contributed by atoms with van der Waals surface area (Å²) < 4.78 is 0. The number of hydrogen-bond donors (Lipinski definition) is 0. The van der Waals surface area contributed by atoms with E-state index in [4.69, 9.17) is 0 Å². The van der Waals surface area contributed by atoms with Crippen molar-refractivity contribution in [2.45, 2.75) is 36.0 Å². The summed E-state index contributed by atoms with van der Waals surface area (Å²) in [6.45, 7) is 15.7. The molecule has 0 radical (unpaired) electrons. The van der Waals surface area contributed by atoms with E-state index in [2.05, 4.69) is 69.1 Å².